The van der Waals surface area contributed by atoms with Crippen LogP contribution in [-0.2, 0) is 14.8 Å². The fraction of sp³-hybridized carbons (Fsp3) is 0.316. The number of amides is 1. The van der Waals surface area contributed by atoms with Crippen molar-refractivity contribution in [2.24, 2.45) is 0 Å². The van der Waals surface area contributed by atoms with Crippen molar-refractivity contribution in [3.8, 4) is 17.2 Å². The summed E-state index contributed by atoms with van der Waals surface area (Å²) in [6.07, 6.45) is 1.97. The Morgan fingerprint density at radius 3 is 2.25 bits per heavy atom. The third kappa shape index (κ3) is 6.99. The highest BCUT2D eigenvalue weighted by Crippen LogP contribution is 2.28. The summed E-state index contributed by atoms with van der Waals surface area (Å²) in [7, 11) is -2.03. The number of sulfonamides is 1. The van der Waals surface area contributed by atoms with Crippen LogP contribution in [0.1, 0.15) is 13.3 Å². The molecule has 28 heavy (non-hydrogen) atoms. The van der Waals surface area contributed by atoms with Gasteiger partial charge in [-0.05, 0) is 42.8 Å². The first kappa shape index (κ1) is 21.4. The van der Waals surface area contributed by atoms with Gasteiger partial charge in [0.05, 0.1) is 25.7 Å². The molecule has 0 saturated heterocycles. The van der Waals surface area contributed by atoms with Crippen LogP contribution in [-0.4, -0.2) is 40.9 Å². The van der Waals surface area contributed by atoms with Gasteiger partial charge in [-0.15, -0.1) is 0 Å². The summed E-state index contributed by atoms with van der Waals surface area (Å²) in [6, 6.07) is 11.6. The molecule has 0 bridgehead atoms. The Bertz CT molecular complexity index is 897. The highest BCUT2D eigenvalue weighted by molar-refractivity contribution is 7.92. The van der Waals surface area contributed by atoms with E-state index in [2.05, 4.69) is 10.0 Å². The summed E-state index contributed by atoms with van der Waals surface area (Å²) in [6.45, 7) is 2.49. The van der Waals surface area contributed by atoms with E-state index in [-0.39, 0.29) is 24.0 Å². The van der Waals surface area contributed by atoms with E-state index in [1.165, 1.54) is 19.2 Å². The smallest absolute Gasteiger partial charge is 0.262 e. The van der Waals surface area contributed by atoms with Crippen molar-refractivity contribution in [1.29, 1.82) is 0 Å². The number of ether oxygens (including phenoxy) is 3. The molecule has 2 aromatic rings. The van der Waals surface area contributed by atoms with Crippen molar-refractivity contribution in [3.63, 3.8) is 0 Å². The number of anilines is 2. The second kappa shape index (κ2) is 9.84. The number of benzene rings is 2. The number of carbonyl (C=O) groups excluding carboxylic acids is 1. The summed E-state index contributed by atoms with van der Waals surface area (Å²) in [5.74, 6) is 1.21. The van der Waals surface area contributed by atoms with Gasteiger partial charge in [-0.3, -0.25) is 9.52 Å². The SMILES string of the molecule is CCCOc1ccc(OCC(=O)Nc2ccc(NS(C)(=O)=O)c(OC)c2)cc1. The van der Waals surface area contributed by atoms with Gasteiger partial charge in [-0.2, -0.15) is 0 Å². The lowest BCUT2D eigenvalue weighted by atomic mass is 10.2. The fourth-order valence-electron chi connectivity index (χ4n) is 2.25. The Kier molecular flexibility index (Phi) is 7.51. The first-order valence-electron chi connectivity index (χ1n) is 8.62. The summed E-state index contributed by atoms with van der Waals surface area (Å²) in [5.41, 5.74) is 0.734. The predicted octanol–water partition coefficient (Wildman–Crippen LogP) is 2.87. The van der Waals surface area contributed by atoms with E-state index in [0.29, 0.717) is 18.0 Å². The molecule has 0 aliphatic carbocycles. The largest absolute Gasteiger partial charge is 0.494 e. The maximum absolute atomic E-state index is 12.1. The van der Waals surface area contributed by atoms with Gasteiger partial charge in [0.25, 0.3) is 5.91 Å². The van der Waals surface area contributed by atoms with Gasteiger partial charge >= 0.3 is 0 Å². The first-order chi connectivity index (χ1) is 13.3. The van der Waals surface area contributed by atoms with Crippen LogP contribution in [0.15, 0.2) is 42.5 Å². The van der Waals surface area contributed by atoms with E-state index in [0.717, 1.165) is 18.4 Å². The lowest BCUT2D eigenvalue weighted by molar-refractivity contribution is -0.118. The number of carbonyl (C=O) groups is 1. The minimum absolute atomic E-state index is 0.180. The number of hydrogen-bond donors (Lipinski definition) is 2. The van der Waals surface area contributed by atoms with Crippen molar-refractivity contribution in [2.45, 2.75) is 13.3 Å². The number of methoxy groups -OCH3 is 1. The van der Waals surface area contributed by atoms with Crippen LogP contribution in [0.3, 0.4) is 0 Å². The molecular weight excluding hydrogens is 384 g/mol. The lowest BCUT2D eigenvalue weighted by Crippen LogP contribution is -2.20. The van der Waals surface area contributed by atoms with Crippen molar-refractivity contribution >= 4 is 27.3 Å². The quantitative estimate of drug-likeness (QED) is 0.627. The van der Waals surface area contributed by atoms with Crippen LogP contribution in [0.4, 0.5) is 11.4 Å². The van der Waals surface area contributed by atoms with E-state index in [9.17, 15) is 13.2 Å². The average Bonchev–Trinajstić information content (AvgIpc) is 2.65. The van der Waals surface area contributed by atoms with Crippen LogP contribution in [0.2, 0.25) is 0 Å². The molecule has 8 nitrogen and oxygen atoms in total. The summed E-state index contributed by atoms with van der Waals surface area (Å²) < 4.78 is 41.2. The molecule has 0 spiro atoms. The molecule has 0 aliphatic rings. The molecule has 0 aliphatic heterocycles. The van der Waals surface area contributed by atoms with Crippen LogP contribution in [0.25, 0.3) is 0 Å². The van der Waals surface area contributed by atoms with Gasteiger partial charge in [-0.25, -0.2) is 8.42 Å². The predicted molar refractivity (Wildman–Crippen MR) is 108 cm³/mol. The van der Waals surface area contributed by atoms with Gasteiger partial charge in [0.15, 0.2) is 6.61 Å². The summed E-state index contributed by atoms with van der Waals surface area (Å²) in [5, 5.41) is 2.67. The van der Waals surface area contributed by atoms with Crippen molar-refractivity contribution < 1.29 is 27.4 Å². The van der Waals surface area contributed by atoms with Gasteiger partial charge < -0.3 is 19.5 Å². The van der Waals surface area contributed by atoms with Gasteiger partial charge in [0, 0.05) is 11.8 Å². The minimum Gasteiger partial charge on any atom is -0.494 e. The molecule has 152 valence electrons. The Balaban J connectivity index is 1.92. The molecule has 0 saturated carbocycles. The van der Waals surface area contributed by atoms with Crippen LogP contribution >= 0.6 is 0 Å². The Morgan fingerprint density at radius 1 is 1.04 bits per heavy atom. The highest BCUT2D eigenvalue weighted by Gasteiger charge is 2.11. The zero-order valence-corrected chi connectivity index (χ0v) is 16.8. The van der Waals surface area contributed by atoms with Crippen molar-refractivity contribution in [3.05, 3.63) is 42.5 Å². The van der Waals surface area contributed by atoms with Crippen molar-refractivity contribution in [1.82, 2.24) is 0 Å². The molecule has 9 heteroatoms. The van der Waals surface area contributed by atoms with E-state index in [4.69, 9.17) is 14.2 Å². The summed E-state index contributed by atoms with van der Waals surface area (Å²) >= 11 is 0. The van der Waals surface area contributed by atoms with E-state index < -0.39 is 10.0 Å². The lowest BCUT2D eigenvalue weighted by Gasteiger charge is -2.12. The molecule has 0 aromatic heterocycles. The van der Waals surface area contributed by atoms with E-state index >= 15 is 0 Å². The van der Waals surface area contributed by atoms with Crippen LogP contribution in [0, 0.1) is 0 Å². The highest BCUT2D eigenvalue weighted by atomic mass is 32.2. The number of rotatable bonds is 10. The molecule has 0 unspecified atom stereocenters. The third-order valence-electron chi connectivity index (χ3n) is 3.45. The Hall–Kier alpha value is -2.94. The Morgan fingerprint density at radius 2 is 1.68 bits per heavy atom. The zero-order valence-electron chi connectivity index (χ0n) is 16.0. The standard InChI is InChI=1S/C19H24N2O6S/c1-4-11-26-15-6-8-16(9-7-15)27-13-19(22)20-14-5-10-17(18(12-14)25-2)21-28(3,23)24/h5-10,12,21H,4,11,13H2,1-3H3,(H,20,22). The topological polar surface area (TPSA) is 103 Å². The molecule has 0 atom stereocenters. The summed E-state index contributed by atoms with van der Waals surface area (Å²) in [4.78, 5) is 12.1. The molecule has 2 N–H and O–H groups in total. The second-order valence-electron chi connectivity index (χ2n) is 5.95. The molecule has 0 radical (unpaired) electrons. The molecule has 0 heterocycles. The minimum atomic E-state index is -3.44. The molecule has 1 amide bonds. The van der Waals surface area contributed by atoms with Gasteiger partial charge in [0.1, 0.15) is 17.2 Å². The normalized spacial score (nSPS) is 10.8. The third-order valence-corrected chi connectivity index (χ3v) is 4.04. The van der Waals surface area contributed by atoms with Crippen LogP contribution in [0.5, 0.6) is 17.2 Å². The van der Waals surface area contributed by atoms with Gasteiger partial charge in [-0.1, -0.05) is 6.92 Å². The molecule has 2 aromatic carbocycles. The van der Waals surface area contributed by atoms with E-state index in [1.807, 2.05) is 6.92 Å². The average molecular weight is 408 g/mol. The molecule has 2 rings (SSSR count). The fourth-order valence-corrected chi connectivity index (χ4v) is 2.82. The Labute approximate surface area is 164 Å². The maximum Gasteiger partial charge on any atom is 0.262 e. The van der Waals surface area contributed by atoms with Crippen molar-refractivity contribution in [2.75, 3.05) is 36.6 Å². The number of hydrogen-bond acceptors (Lipinski definition) is 6. The van der Waals surface area contributed by atoms with Gasteiger partial charge in [0.2, 0.25) is 10.0 Å². The molecular formula is C19H24N2O6S. The second-order valence-corrected chi connectivity index (χ2v) is 7.69. The maximum atomic E-state index is 12.1. The van der Waals surface area contributed by atoms with Crippen LogP contribution < -0.4 is 24.2 Å². The first-order valence-corrected chi connectivity index (χ1v) is 10.5. The van der Waals surface area contributed by atoms with E-state index in [1.54, 1.807) is 30.3 Å². The monoisotopic (exact) mass is 408 g/mol. The zero-order chi connectivity index (χ0) is 20.6. The molecule has 0 fully saturated rings. The number of nitrogens with one attached hydrogen (secondary N) is 2.